The fourth-order valence-corrected chi connectivity index (χ4v) is 2.98. The maximum atomic E-state index is 12.8. The molecule has 7 heteroatoms. The van der Waals surface area contributed by atoms with E-state index >= 15 is 0 Å². The molecule has 0 aliphatic heterocycles. The average molecular weight is 426 g/mol. The van der Waals surface area contributed by atoms with E-state index in [0.29, 0.717) is 49.4 Å². The molecule has 0 spiro atoms. The molecule has 6 nitrogen and oxygen atoms in total. The highest BCUT2D eigenvalue weighted by atomic mass is 19.1. The van der Waals surface area contributed by atoms with Gasteiger partial charge in [-0.25, -0.2) is 4.39 Å². The summed E-state index contributed by atoms with van der Waals surface area (Å²) < 4.78 is 23.6. The summed E-state index contributed by atoms with van der Waals surface area (Å²) in [4.78, 5) is 16.4. The average Bonchev–Trinajstić information content (AvgIpc) is 3.25. The third kappa shape index (κ3) is 7.20. The zero-order chi connectivity index (χ0) is 22.1. The summed E-state index contributed by atoms with van der Waals surface area (Å²) in [6, 6.07) is 14.0. The largest absolute Gasteiger partial charge is 0.494 e. The molecule has 164 valence electrons. The molecule has 0 aliphatic carbocycles. The minimum absolute atomic E-state index is 0.0551. The molecule has 1 heterocycles. The van der Waals surface area contributed by atoms with E-state index < -0.39 is 0 Å². The fraction of sp³-hybridized carbons (Fsp3) is 0.375. The predicted molar refractivity (Wildman–Crippen MR) is 116 cm³/mol. The molecule has 31 heavy (non-hydrogen) atoms. The summed E-state index contributed by atoms with van der Waals surface area (Å²) in [7, 11) is 0. The van der Waals surface area contributed by atoms with Crippen molar-refractivity contribution in [3.63, 3.8) is 0 Å². The van der Waals surface area contributed by atoms with Crippen LogP contribution < -0.4 is 10.1 Å². The highest BCUT2D eigenvalue weighted by Gasteiger charge is 2.11. The van der Waals surface area contributed by atoms with Gasteiger partial charge in [-0.3, -0.25) is 4.79 Å². The summed E-state index contributed by atoms with van der Waals surface area (Å²) in [5.74, 6) is 1.75. The monoisotopic (exact) mass is 425 g/mol. The number of carbonyl (C=O) groups is 1. The van der Waals surface area contributed by atoms with E-state index in [-0.39, 0.29) is 11.7 Å². The van der Waals surface area contributed by atoms with Crippen molar-refractivity contribution in [3.05, 3.63) is 65.8 Å². The van der Waals surface area contributed by atoms with Crippen LogP contribution in [0.2, 0.25) is 0 Å². The van der Waals surface area contributed by atoms with Gasteiger partial charge in [0.25, 0.3) is 0 Å². The van der Waals surface area contributed by atoms with Crippen LogP contribution in [0.15, 0.2) is 53.1 Å². The molecular formula is C24H28FN3O3. The fourth-order valence-electron chi connectivity index (χ4n) is 2.98. The van der Waals surface area contributed by atoms with Crippen molar-refractivity contribution in [2.75, 3.05) is 13.2 Å². The lowest BCUT2D eigenvalue weighted by atomic mass is 10.0. The highest BCUT2D eigenvalue weighted by Crippen LogP contribution is 2.20. The topological polar surface area (TPSA) is 77.2 Å². The molecule has 3 aromatic rings. The van der Waals surface area contributed by atoms with Crippen molar-refractivity contribution in [1.29, 1.82) is 0 Å². The number of unbranched alkanes of at least 4 members (excludes halogenated alkanes) is 1. The van der Waals surface area contributed by atoms with Gasteiger partial charge >= 0.3 is 0 Å². The molecule has 1 aromatic heterocycles. The van der Waals surface area contributed by atoms with Crippen molar-refractivity contribution in [3.8, 4) is 17.1 Å². The van der Waals surface area contributed by atoms with E-state index in [9.17, 15) is 9.18 Å². The van der Waals surface area contributed by atoms with Crippen LogP contribution in [0.5, 0.6) is 5.75 Å². The van der Waals surface area contributed by atoms with Gasteiger partial charge in [-0.15, -0.1) is 0 Å². The number of hydrogen-bond donors (Lipinski definition) is 1. The molecule has 0 saturated heterocycles. The summed E-state index contributed by atoms with van der Waals surface area (Å²) in [5.41, 5.74) is 2.15. The first kappa shape index (κ1) is 22.5. The van der Waals surface area contributed by atoms with Gasteiger partial charge in [-0.1, -0.05) is 43.3 Å². The number of carbonyl (C=O) groups excluding carboxylic acids is 1. The Labute approximate surface area is 181 Å². The SMILES string of the molecule is CC(C)c1ccc(-c2noc(CCC(=O)NCCCCOc3ccc(F)cc3)n2)cc1. The number of rotatable bonds is 11. The normalized spacial score (nSPS) is 11.0. The Bertz CT molecular complexity index is 953. The van der Waals surface area contributed by atoms with E-state index in [1.807, 2.05) is 12.1 Å². The number of ether oxygens (including phenoxy) is 1. The lowest BCUT2D eigenvalue weighted by molar-refractivity contribution is -0.121. The van der Waals surface area contributed by atoms with Gasteiger partial charge in [0, 0.05) is 24.9 Å². The van der Waals surface area contributed by atoms with E-state index in [1.165, 1.54) is 17.7 Å². The van der Waals surface area contributed by atoms with Crippen LogP contribution in [-0.2, 0) is 11.2 Å². The first-order valence-corrected chi connectivity index (χ1v) is 10.6. The van der Waals surface area contributed by atoms with Crippen molar-refractivity contribution >= 4 is 5.91 Å². The van der Waals surface area contributed by atoms with Crippen LogP contribution in [0.25, 0.3) is 11.4 Å². The van der Waals surface area contributed by atoms with Gasteiger partial charge in [0.05, 0.1) is 6.61 Å². The molecule has 0 radical (unpaired) electrons. The first-order chi connectivity index (χ1) is 15.0. The van der Waals surface area contributed by atoms with E-state index in [0.717, 1.165) is 18.4 Å². The summed E-state index contributed by atoms with van der Waals surface area (Å²) >= 11 is 0. The van der Waals surface area contributed by atoms with Crippen LogP contribution in [-0.4, -0.2) is 29.2 Å². The zero-order valence-electron chi connectivity index (χ0n) is 17.9. The molecule has 2 aromatic carbocycles. The Balaban J connectivity index is 1.31. The zero-order valence-corrected chi connectivity index (χ0v) is 17.9. The second-order valence-electron chi connectivity index (χ2n) is 7.65. The van der Waals surface area contributed by atoms with Crippen molar-refractivity contribution < 1.29 is 18.4 Å². The Kier molecular flexibility index (Phi) is 8.15. The summed E-state index contributed by atoms with van der Waals surface area (Å²) in [5, 5.41) is 6.89. The van der Waals surface area contributed by atoms with Gasteiger partial charge in [-0.2, -0.15) is 4.98 Å². The minimum atomic E-state index is -0.285. The molecule has 3 rings (SSSR count). The van der Waals surface area contributed by atoms with Crippen LogP contribution >= 0.6 is 0 Å². The number of halogens is 1. The molecular weight excluding hydrogens is 397 g/mol. The number of nitrogens with zero attached hydrogens (tertiary/aromatic N) is 2. The predicted octanol–water partition coefficient (Wildman–Crippen LogP) is 4.91. The standard InChI is InChI=1S/C24H28FN3O3/c1-17(2)18-5-7-19(8-6-18)24-27-23(31-28-24)14-13-22(29)26-15-3-4-16-30-21-11-9-20(25)10-12-21/h5-12,17H,3-4,13-16H2,1-2H3,(H,26,29). The summed E-state index contributed by atoms with van der Waals surface area (Å²) in [6.45, 7) is 5.38. The van der Waals surface area contributed by atoms with Crippen molar-refractivity contribution in [2.24, 2.45) is 0 Å². The maximum absolute atomic E-state index is 12.8. The molecule has 1 amide bonds. The second-order valence-corrected chi connectivity index (χ2v) is 7.65. The highest BCUT2D eigenvalue weighted by molar-refractivity contribution is 5.75. The molecule has 0 bridgehead atoms. The smallest absolute Gasteiger partial charge is 0.227 e. The Hall–Kier alpha value is -3.22. The van der Waals surface area contributed by atoms with E-state index in [4.69, 9.17) is 9.26 Å². The van der Waals surface area contributed by atoms with Gasteiger partial charge in [0.1, 0.15) is 11.6 Å². The summed E-state index contributed by atoms with van der Waals surface area (Å²) in [6.07, 6.45) is 2.28. The number of amides is 1. The lowest BCUT2D eigenvalue weighted by Gasteiger charge is -2.07. The van der Waals surface area contributed by atoms with E-state index in [2.05, 4.69) is 41.4 Å². The van der Waals surface area contributed by atoms with Crippen molar-refractivity contribution in [1.82, 2.24) is 15.5 Å². The second kappa shape index (κ2) is 11.2. The molecule has 0 fully saturated rings. The van der Waals surface area contributed by atoms with Gasteiger partial charge in [0.2, 0.25) is 17.6 Å². The number of benzene rings is 2. The minimum Gasteiger partial charge on any atom is -0.494 e. The van der Waals surface area contributed by atoms with E-state index in [1.54, 1.807) is 12.1 Å². The number of hydrogen-bond acceptors (Lipinski definition) is 5. The van der Waals surface area contributed by atoms with Gasteiger partial charge < -0.3 is 14.6 Å². The van der Waals surface area contributed by atoms with Crippen LogP contribution in [0.4, 0.5) is 4.39 Å². The third-order valence-electron chi connectivity index (χ3n) is 4.85. The van der Waals surface area contributed by atoms with Crippen molar-refractivity contribution in [2.45, 2.75) is 45.4 Å². The van der Waals surface area contributed by atoms with Gasteiger partial charge in [0.15, 0.2) is 0 Å². The molecule has 0 aliphatic rings. The lowest BCUT2D eigenvalue weighted by Crippen LogP contribution is -2.25. The first-order valence-electron chi connectivity index (χ1n) is 10.6. The molecule has 0 saturated carbocycles. The van der Waals surface area contributed by atoms with Crippen LogP contribution in [0.3, 0.4) is 0 Å². The quantitative estimate of drug-likeness (QED) is 0.442. The Morgan fingerprint density at radius 2 is 1.84 bits per heavy atom. The third-order valence-corrected chi connectivity index (χ3v) is 4.85. The number of nitrogens with one attached hydrogen (secondary N) is 1. The number of aromatic nitrogens is 2. The van der Waals surface area contributed by atoms with Crippen LogP contribution in [0.1, 0.15) is 50.5 Å². The maximum Gasteiger partial charge on any atom is 0.227 e. The number of aryl methyl sites for hydroxylation is 1. The molecule has 0 unspecified atom stereocenters. The van der Waals surface area contributed by atoms with Crippen LogP contribution in [0, 0.1) is 5.82 Å². The Morgan fingerprint density at radius 1 is 1.10 bits per heavy atom. The molecule has 1 N–H and O–H groups in total. The van der Waals surface area contributed by atoms with Gasteiger partial charge in [-0.05, 0) is 48.6 Å². The Morgan fingerprint density at radius 3 is 2.55 bits per heavy atom. The molecule has 0 atom stereocenters.